The molecule has 0 spiro atoms. The Balaban J connectivity index is 3.35. The Morgan fingerprint density at radius 2 is 1.67 bits per heavy atom. The van der Waals surface area contributed by atoms with E-state index >= 15 is 0 Å². The largest absolute Gasteiger partial charge is 0.481 e. The van der Waals surface area contributed by atoms with Crippen LogP contribution in [0.5, 0.6) is 0 Å². The first-order chi connectivity index (χ1) is 8.38. The van der Waals surface area contributed by atoms with E-state index in [1.807, 2.05) is 0 Å². The summed E-state index contributed by atoms with van der Waals surface area (Å²) in [6, 6.07) is 1.58. The minimum Gasteiger partial charge on any atom is -0.481 e. The number of nitrogens with zero attached hydrogens (tertiary/aromatic N) is 1. The van der Waals surface area contributed by atoms with Crippen molar-refractivity contribution >= 4 is 17.9 Å². The Labute approximate surface area is 100 Å². The fraction of sp³-hybridized carbons (Fsp3) is 0.200. The summed E-state index contributed by atoms with van der Waals surface area (Å²) in [7, 11) is 0. The van der Waals surface area contributed by atoms with Crippen molar-refractivity contribution in [2.24, 2.45) is 0 Å². The van der Waals surface area contributed by atoms with E-state index in [-0.39, 0.29) is 17.5 Å². The van der Waals surface area contributed by atoms with Crippen LogP contribution in [0.15, 0.2) is 0 Å². The van der Waals surface area contributed by atoms with Crippen LogP contribution in [0.2, 0.25) is 0 Å². The molecule has 1 rings (SSSR count). The zero-order valence-electron chi connectivity index (χ0n) is 8.93. The van der Waals surface area contributed by atoms with Gasteiger partial charge in [-0.05, 0) is 6.42 Å². The lowest BCUT2D eigenvalue weighted by Gasteiger charge is -1.98. The Hall–Kier alpha value is -2.82. The second-order valence-electron chi connectivity index (χ2n) is 3.34. The van der Waals surface area contributed by atoms with Gasteiger partial charge in [0.2, 0.25) is 0 Å². The lowest BCUT2D eigenvalue weighted by molar-refractivity contribution is -0.136. The quantitative estimate of drug-likeness (QED) is 0.587. The third-order valence-corrected chi connectivity index (χ3v) is 2.23. The lowest BCUT2D eigenvalue weighted by Crippen LogP contribution is -2.05. The van der Waals surface area contributed by atoms with Crippen molar-refractivity contribution < 1.29 is 29.7 Å². The van der Waals surface area contributed by atoms with Gasteiger partial charge in [-0.25, -0.2) is 9.59 Å². The molecule has 0 unspecified atom stereocenters. The van der Waals surface area contributed by atoms with Crippen molar-refractivity contribution in [2.75, 3.05) is 0 Å². The first-order valence-corrected chi connectivity index (χ1v) is 4.71. The SMILES string of the molecule is N#Cc1c(C(=O)O)[nH]c(C(=O)O)c1CCC(=O)O. The number of carboxylic acid groups (broad SMARTS) is 3. The summed E-state index contributed by atoms with van der Waals surface area (Å²) in [5.41, 5.74) is -1.47. The summed E-state index contributed by atoms with van der Waals surface area (Å²) in [5.74, 6) is -4.09. The first kappa shape index (κ1) is 13.2. The highest BCUT2D eigenvalue weighted by atomic mass is 16.4. The molecule has 0 aliphatic carbocycles. The van der Waals surface area contributed by atoms with Crippen molar-refractivity contribution in [1.29, 1.82) is 5.26 Å². The van der Waals surface area contributed by atoms with Crippen LogP contribution in [0.4, 0.5) is 0 Å². The predicted molar refractivity (Wildman–Crippen MR) is 55.4 cm³/mol. The molecule has 1 aromatic heterocycles. The van der Waals surface area contributed by atoms with Crippen molar-refractivity contribution in [2.45, 2.75) is 12.8 Å². The number of nitriles is 1. The van der Waals surface area contributed by atoms with Crippen LogP contribution in [-0.2, 0) is 11.2 Å². The van der Waals surface area contributed by atoms with E-state index in [0.29, 0.717) is 0 Å². The van der Waals surface area contributed by atoms with Crippen molar-refractivity contribution in [3.05, 3.63) is 22.5 Å². The number of aromatic carboxylic acids is 2. The summed E-state index contributed by atoms with van der Waals surface area (Å²) in [4.78, 5) is 34.3. The van der Waals surface area contributed by atoms with Gasteiger partial charge < -0.3 is 20.3 Å². The molecule has 0 fully saturated rings. The number of aromatic amines is 1. The van der Waals surface area contributed by atoms with Crippen molar-refractivity contribution in [3.63, 3.8) is 0 Å². The number of carbonyl (C=O) groups is 3. The van der Waals surface area contributed by atoms with Gasteiger partial charge in [0.25, 0.3) is 0 Å². The van der Waals surface area contributed by atoms with Crippen LogP contribution in [0, 0.1) is 11.3 Å². The van der Waals surface area contributed by atoms with Crippen LogP contribution < -0.4 is 0 Å². The molecular formula is C10H8N2O6. The number of carboxylic acids is 3. The number of nitrogens with one attached hydrogen (secondary N) is 1. The monoisotopic (exact) mass is 252 g/mol. The molecule has 8 heteroatoms. The third-order valence-electron chi connectivity index (χ3n) is 2.23. The van der Waals surface area contributed by atoms with Gasteiger partial charge in [0.1, 0.15) is 17.5 Å². The van der Waals surface area contributed by atoms with E-state index in [1.165, 1.54) is 0 Å². The topological polar surface area (TPSA) is 151 Å². The molecule has 0 aromatic carbocycles. The highest BCUT2D eigenvalue weighted by molar-refractivity contribution is 5.95. The molecule has 0 radical (unpaired) electrons. The summed E-state index contributed by atoms with van der Waals surface area (Å²) in [6.07, 6.45) is -0.629. The highest BCUT2D eigenvalue weighted by Gasteiger charge is 2.25. The van der Waals surface area contributed by atoms with E-state index in [1.54, 1.807) is 6.07 Å². The fourth-order valence-electron chi connectivity index (χ4n) is 1.49. The van der Waals surface area contributed by atoms with E-state index in [9.17, 15) is 14.4 Å². The molecule has 0 saturated carbocycles. The van der Waals surface area contributed by atoms with E-state index in [0.717, 1.165) is 0 Å². The maximum absolute atomic E-state index is 10.9. The number of hydrogen-bond acceptors (Lipinski definition) is 4. The summed E-state index contributed by atoms with van der Waals surface area (Å²) in [6.45, 7) is 0. The number of rotatable bonds is 5. The molecule has 4 N–H and O–H groups in total. The molecule has 0 atom stereocenters. The van der Waals surface area contributed by atoms with Crippen LogP contribution in [0.3, 0.4) is 0 Å². The van der Waals surface area contributed by atoms with Gasteiger partial charge in [-0.1, -0.05) is 0 Å². The van der Waals surface area contributed by atoms with E-state index in [4.69, 9.17) is 20.6 Å². The number of aromatic nitrogens is 1. The first-order valence-electron chi connectivity index (χ1n) is 4.71. The van der Waals surface area contributed by atoms with Gasteiger partial charge in [-0.2, -0.15) is 5.26 Å². The van der Waals surface area contributed by atoms with Gasteiger partial charge in [0.05, 0.1) is 5.56 Å². The summed E-state index contributed by atoms with van der Waals surface area (Å²) >= 11 is 0. The third kappa shape index (κ3) is 2.46. The lowest BCUT2D eigenvalue weighted by atomic mass is 10.0. The summed E-state index contributed by atoms with van der Waals surface area (Å²) in [5, 5.41) is 35.0. The molecule has 0 aliphatic heterocycles. The molecular weight excluding hydrogens is 244 g/mol. The second-order valence-corrected chi connectivity index (χ2v) is 3.34. The molecule has 0 saturated heterocycles. The Morgan fingerprint density at radius 3 is 2.06 bits per heavy atom. The van der Waals surface area contributed by atoms with Gasteiger partial charge in [-0.3, -0.25) is 4.79 Å². The Kier molecular flexibility index (Phi) is 3.68. The predicted octanol–water partition coefficient (Wildman–Crippen LogP) is 0.300. The number of aliphatic carboxylic acids is 1. The summed E-state index contributed by atoms with van der Waals surface area (Å²) < 4.78 is 0. The molecule has 8 nitrogen and oxygen atoms in total. The smallest absolute Gasteiger partial charge is 0.353 e. The Morgan fingerprint density at radius 1 is 1.11 bits per heavy atom. The minimum absolute atomic E-state index is 0.107. The van der Waals surface area contributed by atoms with Crippen LogP contribution in [-0.4, -0.2) is 38.2 Å². The second kappa shape index (κ2) is 5.01. The zero-order valence-corrected chi connectivity index (χ0v) is 8.93. The maximum atomic E-state index is 10.9. The molecule has 0 amide bonds. The average Bonchev–Trinajstić information content (AvgIpc) is 2.64. The Bertz CT molecular complexity index is 566. The number of hydrogen-bond donors (Lipinski definition) is 4. The molecule has 1 heterocycles. The average molecular weight is 252 g/mol. The standard InChI is InChI=1S/C10H8N2O6/c11-3-5-4(1-2-6(13)14)7(9(15)16)12-8(5)10(17)18/h12H,1-2H2,(H,13,14)(H,15,16)(H,17,18). The van der Waals surface area contributed by atoms with Gasteiger partial charge in [-0.15, -0.1) is 0 Å². The van der Waals surface area contributed by atoms with Crippen molar-refractivity contribution in [1.82, 2.24) is 4.98 Å². The van der Waals surface area contributed by atoms with E-state index < -0.39 is 35.7 Å². The molecule has 18 heavy (non-hydrogen) atoms. The van der Waals surface area contributed by atoms with Crippen LogP contribution >= 0.6 is 0 Å². The van der Waals surface area contributed by atoms with Gasteiger partial charge >= 0.3 is 17.9 Å². The number of H-pyrrole nitrogens is 1. The highest BCUT2D eigenvalue weighted by Crippen LogP contribution is 2.20. The minimum atomic E-state index is -1.48. The molecule has 0 aliphatic rings. The molecule has 0 bridgehead atoms. The fourth-order valence-corrected chi connectivity index (χ4v) is 1.49. The molecule has 94 valence electrons. The van der Waals surface area contributed by atoms with Crippen molar-refractivity contribution in [3.8, 4) is 6.07 Å². The van der Waals surface area contributed by atoms with Gasteiger partial charge in [0, 0.05) is 12.0 Å². The van der Waals surface area contributed by atoms with Crippen LogP contribution in [0.1, 0.15) is 38.5 Å². The molecule has 1 aromatic rings. The van der Waals surface area contributed by atoms with E-state index in [2.05, 4.69) is 4.98 Å². The maximum Gasteiger partial charge on any atom is 0.353 e. The van der Waals surface area contributed by atoms with Gasteiger partial charge in [0.15, 0.2) is 0 Å². The normalized spacial score (nSPS) is 9.72. The van der Waals surface area contributed by atoms with Crippen LogP contribution in [0.25, 0.3) is 0 Å². The zero-order chi connectivity index (χ0) is 13.9.